The Hall–Kier alpha value is -3.33. The fourth-order valence-electron chi connectivity index (χ4n) is 2.89. The van der Waals surface area contributed by atoms with Crippen LogP contribution in [0.4, 0.5) is 0 Å². The molecule has 2 aromatic heterocycles. The lowest BCUT2D eigenvalue weighted by Crippen LogP contribution is -2.16. The van der Waals surface area contributed by atoms with Crippen LogP contribution < -0.4 is 10.6 Å². The van der Waals surface area contributed by atoms with Crippen molar-refractivity contribution in [1.29, 1.82) is 0 Å². The lowest BCUT2D eigenvalue weighted by molar-refractivity contribution is 0.291. The van der Waals surface area contributed by atoms with Crippen LogP contribution in [0.1, 0.15) is 49.2 Å². The van der Waals surface area contributed by atoms with Crippen molar-refractivity contribution in [3.8, 4) is 17.2 Å². The first kappa shape index (κ1) is 20.9. The molecule has 0 radical (unpaired) electrons. The third-order valence-corrected chi connectivity index (χ3v) is 5.79. The van der Waals surface area contributed by atoms with E-state index in [4.69, 9.17) is 15.0 Å². The van der Waals surface area contributed by atoms with Crippen LogP contribution in [0.25, 0.3) is 11.5 Å². The summed E-state index contributed by atoms with van der Waals surface area (Å²) in [6.45, 7) is 6.49. The van der Waals surface area contributed by atoms with Crippen LogP contribution >= 0.6 is 11.8 Å². The van der Waals surface area contributed by atoms with Crippen molar-refractivity contribution in [3.05, 3.63) is 71.9 Å². The van der Waals surface area contributed by atoms with E-state index in [2.05, 4.69) is 46.4 Å². The number of hydrogen-bond donors (Lipinski definition) is 1. The maximum Gasteiger partial charge on any atom is 0.247 e. The standard InChI is InChI=1S/C22H24N6O2S/c1-14(2)16-9-11-18(12-10-16)29-13-19-24-27-22(28(19)23)31-15(3)20-25-26-21(30-20)17-7-5-4-6-8-17/h4-12,14-15H,13,23H2,1-3H3. The fourth-order valence-corrected chi connectivity index (χ4v) is 3.71. The van der Waals surface area contributed by atoms with Crippen molar-refractivity contribution >= 4 is 11.8 Å². The van der Waals surface area contributed by atoms with Crippen molar-refractivity contribution in [2.75, 3.05) is 5.84 Å². The number of nitrogens with two attached hydrogens (primary N) is 1. The van der Waals surface area contributed by atoms with Gasteiger partial charge < -0.3 is 15.0 Å². The van der Waals surface area contributed by atoms with Gasteiger partial charge in [-0.3, -0.25) is 0 Å². The number of aromatic nitrogens is 5. The number of nitrogen functional groups attached to an aromatic ring is 1. The molecule has 0 saturated heterocycles. The maximum atomic E-state index is 6.18. The zero-order valence-corrected chi connectivity index (χ0v) is 18.4. The summed E-state index contributed by atoms with van der Waals surface area (Å²) in [5, 5.41) is 17.0. The molecule has 0 saturated carbocycles. The molecule has 0 aliphatic heterocycles. The van der Waals surface area contributed by atoms with Gasteiger partial charge in [0.1, 0.15) is 12.4 Å². The number of rotatable bonds is 8. The van der Waals surface area contributed by atoms with Crippen molar-refractivity contribution in [1.82, 2.24) is 25.1 Å². The molecule has 2 heterocycles. The lowest BCUT2D eigenvalue weighted by atomic mass is 10.0. The highest BCUT2D eigenvalue weighted by Gasteiger charge is 2.20. The molecular formula is C22H24N6O2S. The highest BCUT2D eigenvalue weighted by molar-refractivity contribution is 7.99. The Balaban J connectivity index is 1.38. The van der Waals surface area contributed by atoms with Gasteiger partial charge in [-0.05, 0) is 42.7 Å². The Morgan fingerprint density at radius 2 is 1.71 bits per heavy atom. The van der Waals surface area contributed by atoms with Gasteiger partial charge >= 0.3 is 0 Å². The summed E-state index contributed by atoms with van der Waals surface area (Å²) in [6, 6.07) is 17.7. The number of hydrogen-bond acceptors (Lipinski definition) is 8. The number of benzene rings is 2. The van der Waals surface area contributed by atoms with E-state index in [9.17, 15) is 0 Å². The maximum absolute atomic E-state index is 6.18. The third-order valence-electron chi connectivity index (χ3n) is 4.74. The topological polar surface area (TPSA) is 105 Å². The normalized spacial score (nSPS) is 12.3. The molecule has 9 heteroatoms. The Morgan fingerprint density at radius 1 is 0.968 bits per heavy atom. The van der Waals surface area contributed by atoms with Crippen LogP contribution in [0.5, 0.6) is 5.75 Å². The van der Waals surface area contributed by atoms with E-state index in [1.807, 2.05) is 49.4 Å². The summed E-state index contributed by atoms with van der Waals surface area (Å²) in [5.41, 5.74) is 2.14. The van der Waals surface area contributed by atoms with Crippen molar-refractivity contribution in [3.63, 3.8) is 0 Å². The highest BCUT2D eigenvalue weighted by Crippen LogP contribution is 2.34. The first-order valence-corrected chi connectivity index (χ1v) is 10.9. The first-order chi connectivity index (χ1) is 15.0. The lowest BCUT2D eigenvalue weighted by Gasteiger charge is -2.09. The molecule has 1 atom stereocenters. The number of thioether (sulfide) groups is 1. The third kappa shape index (κ3) is 4.88. The number of ether oxygens (including phenoxy) is 1. The van der Waals surface area contributed by atoms with Gasteiger partial charge in [0.25, 0.3) is 0 Å². The molecule has 0 aliphatic rings. The van der Waals surface area contributed by atoms with E-state index >= 15 is 0 Å². The minimum absolute atomic E-state index is 0.145. The minimum atomic E-state index is -0.145. The van der Waals surface area contributed by atoms with Crippen molar-refractivity contribution in [2.45, 2.75) is 43.7 Å². The Bertz CT molecular complexity index is 1120. The second kappa shape index (κ2) is 9.22. The van der Waals surface area contributed by atoms with Gasteiger partial charge in [-0.15, -0.1) is 20.4 Å². The van der Waals surface area contributed by atoms with Gasteiger partial charge in [-0.2, -0.15) is 0 Å². The summed E-state index contributed by atoms with van der Waals surface area (Å²) in [6.07, 6.45) is 0. The molecule has 1 unspecified atom stereocenters. The molecule has 8 nitrogen and oxygen atoms in total. The van der Waals surface area contributed by atoms with Gasteiger partial charge in [-0.25, -0.2) is 4.68 Å². The molecule has 4 rings (SSSR count). The van der Waals surface area contributed by atoms with E-state index in [1.165, 1.54) is 22.0 Å². The Labute approximate surface area is 184 Å². The summed E-state index contributed by atoms with van der Waals surface area (Å²) < 4.78 is 13.1. The van der Waals surface area contributed by atoms with Crippen LogP contribution in [0.3, 0.4) is 0 Å². The molecule has 2 aromatic carbocycles. The van der Waals surface area contributed by atoms with Crippen molar-refractivity contribution < 1.29 is 9.15 Å². The molecule has 31 heavy (non-hydrogen) atoms. The zero-order chi connectivity index (χ0) is 21.8. The number of nitrogens with zero attached hydrogens (tertiary/aromatic N) is 5. The predicted molar refractivity (Wildman–Crippen MR) is 119 cm³/mol. The van der Waals surface area contributed by atoms with Crippen LogP contribution in [0, 0.1) is 0 Å². The highest BCUT2D eigenvalue weighted by atomic mass is 32.2. The first-order valence-electron chi connectivity index (χ1n) is 9.99. The van der Waals surface area contributed by atoms with Crippen LogP contribution in [-0.2, 0) is 6.61 Å². The monoisotopic (exact) mass is 436 g/mol. The van der Waals surface area contributed by atoms with Gasteiger partial charge in [0, 0.05) is 5.56 Å². The molecule has 0 spiro atoms. The van der Waals surface area contributed by atoms with Crippen LogP contribution in [0.2, 0.25) is 0 Å². The molecule has 0 amide bonds. The second-order valence-electron chi connectivity index (χ2n) is 7.35. The van der Waals surface area contributed by atoms with E-state index in [1.54, 1.807) is 0 Å². The van der Waals surface area contributed by atoms with E-state index in [0.29, 0.717) is 28.7 Å². The molecular weight excluding hydrogens is 412 g/mol. The minimum Gasteiger partial charge on any atom is -0.486 e. The average Bonchev–Trinajstić information content (AvgIpc) is 3.41. The molecule has 0 fully saturated rings. The fraction of sp³-hybridized carbons (Fsp3) is 0.273. The SMILES string of the molecule is CC(C)c1ccc(OCc2nnc(SC(C)c3nnc(-c4ccccc4)o3)n2N)cc1. The molecule has 160 valence electrons. The molecule has 0 bridgehead atoms. The van der Waals surface area contributed by atoms with Gasteiger partial charge in [0.2, 0.25) is 16.9 Å². The Kier molecular flexibility index (Phi) is 6.22. The molecule has 0 aliphatic carbocycles. The molecule has 2 N–H and O–H groups in total. The average molecular weight is 437 g/mol. The zero-order valence-electron chi connectivity index (χ0n) is 17.6. The second-order valence-corrected chi connectivity index (χ2v) is 8.66. The summed E-state index contributed by atoms with van der Waals surface area (Å²) in [5.74, 6) is 8.92. The van der Waals surface area contributed by atoms with E-state index < -0.39 is 0 Å². The van der Waals surface area contributed by atoms with Crippen LogP contribution in [0.15, 0.2) is 64.2 Å². The Morgan fingerprint density at radius 3 is 2.42 bits per heavy atom. The van der Waals surface area contributed by atoms with Crippen molar-refractivity contribution in [2.24, 2.45) is 0 Å². The summed E-state index contributed by atoms with van der Waals surface area (Å²) in [4.78, 5) is 0. The van der Waals surface area contributed by atoms with Gasteiger partial charge in [0.15, 0.2) is 5.82 Å². The summed E-state index contributed by atoms with van der Waals surface area (Å²) >= 11 is 1.39. The molecule has 4 aromatic rings. The predicted octanol–water partition coefficient (Wildman–Crippen LogP) is 4.60. The quantitative estimate of drug-likeness (QED) is 0.316. The van der Waals surface area contributed by atoms with Gasteiger partial charge in [0.05, 0.1) is 5.25 Å². The van der Waals surface area contributed by atoms with E-state index in [0.717, 1.165) is 11.3 Å². The van der Waals surface area contributed by atoms with E-state index in [-0.39, 0.29) is 11.9 Å². The van der Waals surface area contributed by atoms with Gasteiger partial charge in [-0.1, -0.05) is 55.9 Å². The van der Waals surface area contributed by atoms with Crippen LogP contribution in [-0.4, -0.2) is 25.1 Å². The smallest absolute Gasteiger partial charge is 0.247 e. The largest absolute Gasteiger partial charge is 0.486 e. The summed E-state index contributed by atoms with van der Waals surface area (Å²) in [7, 11) is 0.